The summed E-state index contributed by atoms with van der Waals surface area (Å²) in [5, 5.41) is 5.74. The van der Waals surface area contributed by atoms with Crippen molar-refractivity contribution < 1.29 is 22.7 Å². The van der Waals surface area contributed by atoms with Crippen molar-refractivity contribution in [2.75, 3.05) is 20.2 Å². The Morgan fingerprint density at radius 2 is 2.08 bits per heavy atom. The first-order chi connectivity index (χ1) is 17.2. The first-order valence-corrected chi connectivity index (χ1v) is 12.3. The van der Waals surface area contributed by atoms with Crippen molar-refractivity contribution >= 4 is 39.8 Å². The molecule has 5 rings (SSSR count). The molecular weight excluding hydrogens is 491 g/mol. The summed E-state index contributed by atoms with van der Waals surface area (Å²) >= 11 is 1.34. The number of alkyl halides is 3. The van der Waals surface area contributed by atoms with E-state index >= 15 is 0 Å². The minimum absolute atomic E-state index is 0.0493. The number of fused-ring (bicyclic) bond motifs is 1. The second kappa shape index (κ2) is 9.62. The van der Waals surface area contributed by atoms with Gasteiger partial charge in [-0.3, -0.25) is 9.48 Å². The lowest BCUT2D eigenvalue weighted by Gasteiger charge is -2.31. The Kier molecular flexibility index (Phi) is 6.52. The van der Waals surface area contributed by atoms with Crippen molar-refractivity contribution in [1.82, 2.24) is 14.7 Å². The number of aliphatic imine (C=N–C) groups is 1. The lowest BCUT2D eigenvalue weighted by Crippen LogP contribution is -2.44. The smallest absolute Gasteiger partial charge is 0.416 e. The number of amidine groups is 1. The molecule has 7 nitrogen and oxygen atoms in total. The van der Waals surface area contributed by atoms with Crippen LogP contribution >= 0.6 is 11.8 Å². The van der Waals surface area contributed by atoms with Gasteiger partial charge in [-0.15, -0.1) is 0 Å². The van der Waals surface area contributed by atoms with Crippen LogP contribution in [-0.2, 0) is 17.5 Å². The van der Waals surface area contributed by atoms with E-state index in [1.807, 2.05) is 12.1 Å². The molecular formula is C25H24F3N5O2S. The Morgan fingerprint density at radius 3 is 2.83 bits per heavy atom. The molecule has 2 aliphatic rings. The number of piperidine rings is 1. The van der Waals surface area contributed by atoms with Crippen LogP contribution in [0.25, 0.3) is 17.0 Å². The van der Waals surface area contributed by atoms with E-state index < -0.39 is 11.7 Å². The van der Waals surface area contributed by atoms with Crippen LogP contribution < -0.4 is 10.5 Å². The second-order valence-corrected chi connectivity index (χ2v) is 9.81. The van der Waals surface area contributed by atoms with Crippen LogP contribution in [0.15, 0.2) is 52.5 Å². The number of nitrogens with two attached hydrogens (primary N) is 1. The molecule has 0 aliphatic carbocycles. The number of likely N-dealkylation sites (tertiary alicyclic amines) is 1. The maximum absolute atomic E-state index is 13.6. The standard InChI is InChI=1S/C25H24F3N5O2S/c1-35-19-6-5-16(20(11-19)25(26,27)28)13-33-21-7-4-15(9-17(21)12-30-33)10-22-23(34)31-24(36-22)32-8-2-3-18(29)14-32/h4-7,9-12,18H,2-3,8,13-14,29H2,1H3/b22-10-/t18-/m0/s1. The topological polar surface area (TPSA) is 85.7 Å². The van der Waals surface area contributed by atoms with Gasteiger partial charge in [0.05, 0.1) is 35.8 Å². The third kappa shape index (κ3) is 4.98. The highest BCUT2D eigenvalue weighted by Gasteiger charge is 2.34. The zero-order chi connectivity index (χ0) is 25.4. The molecule has 2 aliphatic heterocycles. The largest absolute Gasteiger partial charge is 0.497 e. The number of methoxy groups -OCH3 is 1. The number of benzene rings is 2. The molecule has 2 aromatic carbocycles. The van der Waals surface area contributed by atoms with Crippen molar-refractivity contribution in [2.24, 2.45) is 10.7 Å². The lowest BCUT2D eigenvalue weighted by molar-refractivity contribution is -0.138. The SMILES string of the molecule is COc1ccc(Cn2ncc3cc(/C=C4\SC(N5CCC[C@H](N)C5)=NC4=O)ccc32)c(C(F)(F)F)c1. The summed E-state index contributed by atoms with van der Waals surface area (Å²) in [5.74, 6) is -0.146. The zero-order valence-electron chi connectivity index (χ0n) is 19.5. The Balaban J connectivity index is 1.37. The number of aromatic nitrogens is 2. The van der Waals surface area contributed by atoms with Crippen LogP contribution in [0.5, 0.6) is 5.75 Å². The minimum Gasteiger partial charge on any atom is -0.497 e. The molecule has 1 atom stereocenters. The zero-order valence-corrected chi connectivity index (χ0v) is 20.3. The van der Waals surface area contributed by atoms with E-state index in [2.05, 4.69) is 15.0 Å². The highest BCUT2D eigenvalue weighted by atomic mass is 32.2. The van der Waals surface area contributed by atoms with Gasteiger partial charge in [-0.2, -0.15) is 23.3 Å². The fraction of sp³-hybridized carbons (Fsp3) is 0.320. The van der Waals surface area contributed by atoms with Gasteiger partial charge in [0.25, 0.3) is 5.91 Å². The van der Waals surface area contributed by atoms with Gasteiger partial charge in [0.1, 0.15) is 5.75 Å². The number of nitrogens with zero attached hydrogens (tertiary/aromatic N) is 4. The summed E-state index contributed by atoms with van der Waals surface area (Å²) in [4.78, 5) is 19.3. The summed E-state index contributed by atoms with van der Waals surface area (Å²) in [7, 11) is 1.33. The monoisotopic (exact) mass is 515 g/mol. The summed E-state index contributed by atoms with van der Waals surface area (Å²) < 4.78 is 47.3. The molecule has 0 spiro atoms. The highest BCUT2D eigenvalue weighted by molar-refractivity contribution is 8.18. The van der Waals surface area contributed by atoms with Gasteiger partial charge in [0, 0.05) is 24.5 Å². The number of halogens is 3. The highest BCUT2D eigenvalue weighted by Crippen LogP contribution is 2.35. The summed E-state index contributed by atoms with van der Waals surface area (Å²) in [5.41, 5.74) is 6.86. The van der Waals surface area contributed by atoms with Crippen molar-refractivity contribution in [3.8, 4) is 5.75 Å². The van der Waals surface area contributed by atoms with Crippen LogP contribution in [0, 0.1) is 0 Å². The van der Waals surface area contributed by atoms with Crippen LogP contribution in [0.1, 0.15) is 29.5 Å². The van der Waals surface area contributed by atoms with Crippen LogP contribution in [0.4, 0.5) is 13.2 Å². The molecule has 11 heteroatoms. The molecule has 1 saturated heterocycles. The fourth-order valence-electron chi connectivity index (χ4n) is 4.44. The lowest BCUT2D eigenvalue weighted by atomic mass is 10.1. The predicted molar refractivity (Wildman–Crippen MR) is 134 cm³/mol. The van der Waals surface area contributed by atoms with Gasteiger partial charge in [0.2, 0.25) is 0 Å². The molecule has 188 valence electrons. The molecule has 1 amide bonds. The van der Waals surface area contributed by atoms with Crippen LogP contribution in [0.2, 0.25) is 0 Å². The number of carbonyl (C=O) groups excluding carboxylic acids is 1. The van der Waals surface area contributed by atoms with Crippen molar-refractivity contribution in [3.63, 3.8) is 0 Å². The van der Waals surface area contributed by atoms with Gasteiger partial charge >= 0.3 is 6.18 Å². The molecule has 1 aromatic heterocycles. The molecule has 3 aromatic rings. The summed E-state index contributed by atoms with van der Waals surface area (Å²) in [6.45, 7) is 1.46. The molecule has 3 heterocycles. The minimum atomic E-state index is -4.52. The van der Waals surface area contributed by atoms with Crippen LogP contribution in [-0.4, -0.2) is 52.0 Å². The molecule has 0 radical (unpaired) electrons. The first kappa shape index (κ1) is 24.4. The molecule has 1 fully saturated rings. The Labute approximate surface area is 209 Å². The summed E-state index contributed by atoms with van der Waals surface area (Å²) in [6.07, 6.45) is 0.798. The van der Waals surface area contributed by atoms with E-state index in [-0.39, 0.29) is 29.8 Å². The van der Waals surface area contributed by atoms with E-state index in [0.29, 0.717) is 22.1 Å². The van der Waals surface area contributed by atoms with Gasteiger partial charge < -0.3 is 15.4 Å². The Morgan fingerprint density at radius 1 is 1.25 bits per heavy atom. The van der Waals surface area contributed by atoms with Crippen molar-refractivity contribution in [3.05, 3.63) is 64.2 Å². The number of hydrogen-bond acceptors (Lipinski definition) is 6. The Hall–Kier alpha value is -3.31. The van der Waals surface area contributed by atoms with Crippen molar-refractivity contribution in [1.29, 1.82) is 0 Å². The molecule has 0 unspecified atom stereocenters. The Bertz CT molecular complexity index is 1380. The van der Waals surface area contributed by atoms with E-state index in [9.17, 15) is 18.0 Å². The van der Waals surface area contributed by atoms with E-state index in [0.717, 1.165) is 36.4 Å². The van der Waals surface area contributed by atoms with Gasteiger partial charge in [-0.1, -0.05) is 12.1 Å². The van der Waals surface area contributed by atoms with Crippen molar-refractivity contribution in [2.45, 2.75) is 31.6 Å². The van der Waals surface area contributed by atoms with Gasteiger partial charge in [0.15, 0.2) is 5.17 Å². The van der Waals surface area contributed by atoms with E-state index in [1.54, 1.807) is 18.3 Å². The fourth-order valence-corrected chi connectivity index (χ4v) is 5.38. The molecule has 36 heavy (non-hydrogen) atoms. The van der Waals surface area contributed by atoms with E-state index in [1.165, 1.54) is 35.7 Å². The number of thioether (sulfide) groups is 1. The third-order valence-electron chi connectivity index (χ3n) is 6.24. The third-order valence-corrected chi connectivity index (χ3v) is 7.29. The maximum atomic E-state index is 13.6. The van der Waals surface area contributed by atoms with Gasteiger partial charge in [-0.25, -0.2) is 0 Å². The molecule has 0 bridgehead atoms. The summed E-state index contributed by atoms with van der Waals surface area (Å²) in [6, 6.07) is 9.45. The maximum Gasteiger partial charge on any atom is 0.416 e. The quantitative estimate of drug-likeness (QED) is 0.515. The average Bonchev–Trinajstić information content (AvgIpc) is 3.41. The average molecular weight is 516 g/mol. The number of carbonyl (C=O) groups is 1. The normalized spacial score (nSPS) is 19.9. The predicted octanol–water partition coefficient (Wildman–Crippen LogP) is 4.51. The number of ether oxygens (including phenoxy) is 1. The number of rotatable bonds is 4. The van der Waals surface area contributed by atoms with Crippen LogP contribution in [0.3, 0.4) is 0 Å². The van der Waals surface area contributed by atoms with Gasteiger partial charge in [-0.05, 0) is 66.1 Å². The second-order valence-electron chi connectivity index (χ2n) is 8.80. The first-order valence-electron chi connectivity index (χ1n) is 11.4. The molecule has 0 saturated carbocycles. The number of hydrogen-bond donors (Lipinski definition) is 1. The number of amides is 1. The molecule has 2 N–H and O–H groups in total. The van der Waals surface area contributed by atoms with E-state index in [4.69, 9.17) is 10.5 Å².